The number of anilines is 1. The molecule has 0 amide bonds. The molecule has 1 heterocycles. The lowest BCUT2D eigenvalue weighted by Gasteiger charge is -2.13. The van der Waals surface area contributed by atoms with E-state index in [1.807, 2.05) is 24.3 Å². The van der Waals surface area contributed by atoms with Gasteiger partial charge in [-0.15, -0.1) is 0 Å². The summed E-state index contributed by atoms with van der Waals surface area (Å²) in [4.78, 5) is 25.0. The molecule has 0 atom stereocenters. The van der Waals surface area contributed by atoms with Gasteiger partial charge >= 0.3 is 5.69 Å². The molecule has 3 aromatic rings. The molecule has 130 valence electrons. The van der Waals surface area contributed by atoms with Crippen LogP contribution in [-0.2, 0) is 0 Å². The molecule has 26 heavy (non-hydrogen) atoms. The molecule has 0 radical (unpaired) electrons. The fourth-order valence-corrected chi connectivity index (χ4v) is 2.49. The van der Waals surface area contributed by atoms with Crippen LogP contribution >= 0.6 is 0 Å². The second kappa shape index (κ2) is 6.93. The first-order chi connectivity index (χ1) is 12.5. The minimum Gasteiger partial charge on any atom is -0.262 e. The third-order valence-corrected chi connectivity index (χ3v) is 3.77. The Morgan fingerprint density at radius 2 is 1.85 bits per heavy atom. The summed E-state index contributed by atoms with van der Waals surface area (Å²) in [6.45, 7) is 0. The van der Waals surface area contributed by atoms with Crippen LogP contribution in [0.2, 0.25) is 0 Å². The number of non-ortho nitro benzene ring substituents is 1. The molecule has 0 saturated heterocycles. The lowest BCUT2D eigenvalue weighted by molar-refractivity contribution is -0.393. The Balaban J connectivity index is 1.97. The largest absolute Gasteiger partial charge is 0.301 e. The average Bonchev–Trinajstić information content (AvgIpc) is 2.65. The summed E-state index contributed by atoms with van der Waals surface area (Å²) in [7, 11) is 1.54. The Morgan fingerprint density at radius 3 is 2.58 bits per heavy atom. The van der Waals surface area contributed by atoms with Crippen molar-refractivity contribution in [3.05, 3.63) is 80.5 Å². The second-order valence-corrected chi connectivity index (χ2v) is 5.37. The number of rotatable bonds is 5. The SMILES string of the molecule is CN(/N=C\c1ccnc2ccccc12)c1ccc([N+](=O)[O-])cc1[N+](=O)[O-]. The summed E-state index contributed by atoms with van der Waals surface area (Å²) in [6, 6.07) is 12.7. The number of hydrogen-bond donors (Lipinski definition) is 0. The highest BCUT2D eigenvalue weighted by Crippen LogP contribution is 2.31. The van der Waals surface area contributed by atoms with Crippen molar-refractivity contribution < 1.29 is 9.85 Å². The minimum atomic E-state index is -0.677. The Morgan fingerprint density at radius 1 is 1.08 bits per heavy atom. The first-order valence-corrected chi connectivity index (χ1v) is 7.51. The maximum atomic E-state index is 11.2. The standard InChI is InChI=1S/C17H13N5O4/c1-20(16-7-6-13(21(23)24)10-17(16)22(25)26)19-11-12-8-9-18-15-5-3-2-4-14(12)15/h2-11H,1H3/b19-11-. The number of pyridine rings is 1. The number of benzene rings is 2. The lowest BCUT2D eigenvalue weighted by Crippen LogP contribution is -2.11. The fraction of sp³-hybridized carbons (Fsp3) is 0.0588. The van der Waals surface area contributed by atoms with Gasteiger partial charge in [0.15, 0.2) is 0 Å². The number of hydrogen-bond acceptors (Lipinski definition) is 7. The molecule has 0 bridgehead atoms. The van der Waals surface area contributed by atoms with E-state index in [-0.39, 0.29) is 11.4 Å². The Labute approximate surface area is 147 Å². The van der Waals surface area contributed by atoms with Gasteiger partial charge in [-0.2, -0.15) is 5.10 Å². The van der Waals surface area contributed by atoms with Crippen molar-refractivity contribution in [2.45, 2.75) is 0 Å². The van der Waals surface area contributed by atoms with Crippen LogP contribution in [0.3, 0.4) is 0 Å². The molecule has 0 fully saturated rings. The van der Waals surface area contributed by atoms with E-state index in [0.29, 0.717) is 0 Å². The van der Waals surface area contributed by atoms with Gasteiger partial charge in [0.25, 0.3) is 5.69 Å². The molecule has 0 aliphatic rings. The summed E-state index contributed by atoms with van der Waals surface area (Å²) in [5.74, 6) is 0. The van der Waals surface area contributed by atoms with Gasteiger partial charge in [-0.1, -0.05) is 18.2 Å². The van der Waals surface area contributed by atoms with Crippen molar-refractivity contribution in [3.63, 3.8) is 0 Å². The average molecular weight is 351 g/mol. The molecular weight excluding hydrogens is 338 g/mol. The molecule has 0 saturated carbocycles. The number of nitro benzene ring substituents is 2. The predicted molar refractivity (Wildman–Crippen MR) is 97.5 cm³/mol. The fourth-order valence-electron chi connectivity index (χ4n) is 2.49. The second-order valence-electron chi connectivity index (χ2n) is 5.37. The van der Waals surface area contributed by atoms with Crippen molar-refractivity contribution in [1.82, 2.24) is 4.98 Å². The molecule has 0 spiro atoms. The minimum absolute atomic E-state index is 0.148. The van der Waals surface area contributed by atoms with E-state index in [4.69, 9.17) is 0 Å². The normalized spacial score (nSPS) is 11.0. The number of aromatic nitrogens is 1. The zero-order valence-corrected chi connectivity index (χ0v) is 13.6. The maximum absolute atomic E-state index is 11.2. The number of para-hydroxylation sites is 1. The molecule has 3 rings (SSSR count). The third-order valence-electron chi connectivity index (χ3n) is 3.77. The van der Waals surface area contributed by atoms with E-state index in [0.717, 1.165) is 22.5 Å². The summed E-state index contributed by atoms with van der Waals surface area (Å²) in [5, 5.41) is 28.5. The van der Waals surface area contributed by atoms with Crippen molar-refractivity contribution in [2.24, 2.45) is 5.10 Å². The van der Waals surface area contributed by atoms with E-state index >= 15 is 0 Å². The van der Waals surface area contributed by atoms with E-state index in [2.05, 4.69) is 10.1 Å². The maximum Gasteiger partial charge on any atom is 0.301 e. The van der Waals surface area contributed by atoms with Crippen LogP contribution in [0.5, 0.6) is 0 Å². The van der Waals surface area contributed by atoms with Crippen molar-refractivity contribution in [3.8, 4) is 0 Å². The van der Waals surface area contributed by atoms with E-state index in [1.54, 1.807) is 18.5 Å². The molecule has 9 nitrogen and oxygen atoms in total. The summed E-state index contributed by atoms with van der Waals surface area (Å²) >= 11 is 0. The Kier molecular flexibility index (Phi) is 4.52. The van der Waals surface area contributed by atoms with E-state index in [1.165, 1.54) is 24.2 Å². The third kappa shape index (κ3) is 3.31. The zero-order valence-electron chi connectivity index (χ0n) is 13.6. The summed E-state index contributed by atoms with van der Waals surface area (Å²) in [6.07, 6.45) is 3.22. The van der Waals surface area contributed by atoms with Gasteiger partial charge in [-0.3, -0.25) is 30.2 Å². The van der Waals surface area contributed by atoms with Crippen LogP contribution in [0.1, 0.15) is 5.56 Å². The van der Waals surface area contributed by atoms with Crippen LogP contribution in [-0.4, -0.2) is 28.1 Å². The van der Waals surface area contributed by atoms with Crippen LogP contribution in [0.15, 0.2) is 59.8 Å². The van der Waals surface area contributed by atoms with Crippen LogP contribution in [0.4, 0.5) is 17.1 Å². The highest BCUT2D eigenvalue weighted by Gasteiger charge is 2.21. The number of hydrazone groups is 1. The predicted octanol–water partition coefficient (Wildman–Crippen LogP) is 3.52. The highest BCUT2D eigenvalue weighted by molar-refractivity contribution is 5.98. The van der Waals surface area contributed by atoms with Crippen LogP contribution in [0.25, 0.3) is 10.9 Å². The van der Waals surface area contributed by atoms with Crippen molar-refractivity contribution in [1.29, 1.82) is 0 Å². The van der Waals surface area contributed by atoms with Crippen molar-refractivity contribution >= 4 is 34.2 Å². The molecule has 2 aromatic carbocycles. The zero-order chi connectivity index (χ0) is 18.7. The van der Waals surface area contributed by atoms with Gasteiger partial charge in [0, 0.05) is 30.3 Å². The summed E-state index contributed by atoms with van der Waals surface area (Å²) < 4.78 is 0. The summed E-state index contributed by atoms with van der Waals surface area (Å²) in [5.41, 5.74) is 1.01. The molecular formula is C17H13N5O4. The van der Waals surface area contributed by atoms with Crippen molar-refractivity contribution in [2.75, 3.05) is 12.1 Å². The van der Waals surface area contributed by atoms with Gasteiger partial charge in [0.2, 0.25) is 0 Å². The van der Waals surface area contributed by atoms with E-state index in [9.17, 15) is 20.2 Å². The number of nitro groups is 2. The topological polar surface area (TPSA) is 115 Å². The first-order valence-electron chi connectivity index (χ1n) is 7.51. The van der Waals surface area contributed by atoms with Gasteiger partial charge in [-0.25, -0.2) is 0 Å². The number of fused-ring (bicyclic) bond motifs is 1. The monoisotopic (exact) mass is 351 g/mol. The van der Waals surface area contributed by atoms with Gasteiger partial charge in [-0.05, 0) is 18.2 Å². The number of nitrogens with zero attached hydrogens (tertiary/aromatic N) is 5. The molecule has 9 heteroatoms. The molecule has 1 aromatic heterocycles. The quantitative estimate of drug-likeness (QED) is 0.394. The molecule has 0 N–H and O–H groups in total. The van der Waals surface area contributed by atoms with Gasteiger partial charge in [0.05, 0.1) is 27.6 Å². The first kappa shape index (κ1) is 17.0. The molecule has 0 aliphatic heterocycles. The van der Waals surface area contributed by atoms with Gasteiger partial charge in [0.1, 0.15) is 5.69 Å². The van der Waals surface area contributed by atoms with Crippen LogP contribution < -0.4 is 5.01 Å². The smallest absolute Gasteiger partial charge is 0.262 e. The van der Waals surface area contributed by atoms with Gasteiger partial charge < -0.3 is 0 Å². The Hall–Kier alpha value is -3.88. The van der Waals surface area contributed by atoms with Crippen LogP contribution in [0, 0.1) is 20.2 Å². The molecule has 0 aliphatic carbocycles. The lowest BCUT2D eigenvalue weighted by atomic mass is 10.1. The Bertz CT molecular complexity index is 1030. The van der Waals surface area contributed by atoms with E-state index < -0.39 is 15.5 Å². The molecule has 0 unspecified atom stereocenters. The highest BCUT2D eigenvalue weighted by atomic mass is 16.6.